The minimum atomic E-state index is 0.667. The molecule has 0 atom stereocenters. The molecule has 0 aliphatic heterocycles. The molecule has 0 saturated carbocycles. The molecule has 0 unspecified atom stereocenters. The lowest BCUT2D eigenvalue weighted by molar-refractivity contribution is 1.45. The van der Waals surface area contributed by atoms with Crippen LogP contribution in [0.2, 0.25) is 0 Å². The van der Waals surface area contributed by atoms with E-state index < -0.39 is 0 Å². The van der Waals surface area contributed by atoms with Crippen LogP contribution in [0.4, 0.5) is 0 Å². The first-order valence-corrected chi connectivity index (χ1v) is 2.12. The fourth-order valence-electron chi connectivity index (χ4n) is 0. The average molecular weight is 100 g/mol. The number of hydrogen-bond acceptors (Lipinski definition) is 2. The third kappa shape index (κ3) is 137. The zero-order valence-corrected chi connectivity index (χ0v) is 5.08. The molecule has 0 aliphatic carbocycles. The van der Waals surface area contributed by atoms with E-state index in [9.17, 15) is 0 Å². The molecule has 0 fully saturated rings. The minimum Gasteiger partial charge on any atom is -0.313 e. The first-order chi connectivity index (χ1) is 3.15. The average Bonchev–Trinajstić information content (AvgIpc) is 1.33. The molecule has 2 heteroatoms. The Morgan fingerprint density at radius 2 is 1.43 bits per heavy atom. The Hall–Kier alpha value is -0.660. The summed E-state index contributed by atoms with van der Waals surface area (Å²) < 4.78 is 0. The van der Waals surface area contributed by atoms with Crippen LogP contribution in [0.1, 0.15) is 20.8 Å². The summed E-state index contributed by atoms with van der Waals surface area (Å²) >= 11 is 0. The molecule has 0 aliphatic rings. The predicted octanol–water partition coefficient (Wildman–Crippen LogP) is 1.70. The summed E-state index contributed by atoms with van der Waals surface area (Å²) in [4.78, 5) is 0. The van der Waals surface area contributed by atoms with Gasteiger partial charge in [0.05, 0.1) is 0 Å². The second-order valence-corrected chi connectivity index (χ2v) is 1.29. The maximum atomic E-state index is 6.50. The molecule has 0 heterocycles. The highest BCUT2D eigenvalue weighted by Gasteiger charge is 1.55. The molecule has 2 N–H and O–H groups in total. The van der Waals surface area contributed by atoms with Crippen LogP contribution >= 0.6 is 0 Å². The standard InChI is InChI=1S/C3H7N.C2H5N/c1-3(2)4;1-2-3/h4H,1-2H3;2-3H,1H3. The zero-order chi connectivity index (χ0) is 6.28. The van der Waals surface area contributed by atoms with Crippen LogP contribution in [0.25, 0.3) is 0 Å². The van der Waals surface area contributed by atoms with Gasteiger partial charge in [0.15, 0.2) is 0 Å². The molecule has 0 aromatic rings. The molecule has 0 aromatic heterocycles. The van der Waals surface area contributed by atoms with E-state index in [0.717, 1.165) is 0 Å². The van der Waals surface area contributed by atoms with Gasteiger partial charge in [0.1, 0.15) is 0 Å². The summed E-state index contributed by atoms with van der Waals surface area (Å²) in [7, 11) is 0. The summed E-state index contributed by atoms with van der Waals surface area (Å²) in [6.45, 7) is 5.17. The van der Waals surface area contributed by atoms with Crippen molar-refractivity contribution < 1.29 is 0 Å². The fourth-order valence-corrected chi connectivity index (χ4v) is 0. The van der Waals surface area contributed by atoms with E-state index in [4.69, 9.17) is 10.8 Å². The Bertz CT molecular complexity index is 53.1. The van der Waals surface area contributed by atoms with Crippen molar-refractivity contribution in [3.63, 3.8) is 0 Å². The summed E-state index contributed by atoms with van der Waals surface area (Å²) in [6, 6.07) is 0. The van der Waals surface area contributed by atoms with Gasteiger partial charge in [0, 0.05) is 5.71 Å². The third-order valence-corrected chi connectivity index (χ3v) is 0. The molecule has 42 valence electrons. The second kappa shape index (κ2) is 9.02. The largest absolute Gasteiger partial charge is 0.313 e. The molecule has 0 radical (unpaired) electrons. The summed E-state index contributed by atoms with van der Waals surface area (Å²) in [6.07, 6.45) is 1.25. The molecular formula is C5H12N2. The molecular weight excluding hydrogens is 88.1 g/mol. The van der Waals surface area contributed by atoms with E-state index in [1.165, 1.54) is 6.21 Å². The minimum absolute atomic E-state index is 0.667. The van der Waals surface area contributed by atoms with Gasteiger partial charge in [0.25, 0.3) is 0 Å². The van der Waals surface area contributed by atoms with Gasteiger partial charge in [-0.25, -0.2) is 0 Å². The zero-order valence-electron chi connectivity index (χ0n) is 5.08. The maximum absolute atomic E-state index is 6.50. The number of hydrogen-bond donors (Lipinski definition) is 2. The van der Waals surface area contributed by atoms with E-state index in [2.05, 4.69) is 0 Å². The SMILES string of the molecule is CC(C)=N.CC=N. The highest BCUT2D eigenvalue weighted by molar-refractivity contribution is 5.75. The number of rotatable bonds is 0. The summed E-state index contributed by atoms with van der Waals surface area (Å²) in [5.74, 6) is 0. The van der Waals surface area contributed by atoms with Crippen molar-refractivity contribution in [3.05, 3.63) is 0 Å². The van der Waals surface area contributed by atoms with Crippen LogP contribution in [-0.2, 0) is 0 Å². The lowest BCUT2D eigenvalue weighted by Gasteiger charge is -1.63. The smallest absolute Gasteiger partial charge is 0.00272 e. The van der Waals surface area contributed by atoms with Crippen LogP contribution in [0.3, 0.4) is 0 Å². The van der Waals surface area contributed by atoms with Crippen molar-refractivity contribution in [2.45, 2.75) is 20.8 Å². The van der Waals surface area contributed by atoms with Crippen molar-refractivity contribution in [1.29, 1.82) is 10.8 Å². The van der Waals surface area contributed by atoms with Crippen LogP contribution in [0.15, 0.2) is 0 Å². The van der Waals surface area contributed by atoms with Crippen molar-refractivity contribution >= 4 is 11.9 Å². The quantitative estimate of drug-likeness (QED) is 0.435. The molecule has 0 rings (SSSR count). The van der Waals surface area contributed by atoms with Crippen LogP contribution in [0, 0.1) is 10.8 Å². The van der Waals surface area contributed by atoms with Gasteiger partial charge >= 0.3 is 0 Å². The monoisotopic (exact) mass is 100 g/mol. The summed E-state index contributed by atoms with van der Waals surface area (Å²) in [5, 5.41) is 12.6. The molecule has 7 heavy (non-hydrogen) atoms. The Kier molecular flexibility index (Phi) is 12.4. The van der Waals surface area contributed by atoms with Crippen molar-refractivity contribution in [3.8, 4) is 0 Å². The molecule has 2 nitrogen and oxygen atoms in total. The topological polar surface area (TPSA) is 47.7 Å². The normalized spacial score (nSPS) is 5.57. The highest BCUT2D eigenvalue weighted by atomic mass is 14.3. The van der Waals surface area contributed by atoms with E-state index >= 15 is 0 Å². The van der Waals surface area contributed by atoms with E-state index in [0.29, 0.717) is 5.71 Å². The summed E-state index contributed by atoms with van der Waals surface area (Å²) in [5.41, 5.74) is 0.667. The van der Waals surface area contributed by atoms with Gasteiger partial charge in [-0.05, 0) is 27.0 Å². The molecule has 0 bridgehead atoms. The van der Waals surface area contributed by atoms with Crippen LogP contribution in [0.5, 0.6) is 0 Å². The maximum Gasteiger partial charge on any atom is 0.00272 e. The van der Waals surface area contributed by atoms with E-state index in [-0.39, 0.29) is 0 Å². The Morgan fingerprint density at radius 3 is 1.43 bits per heavy atom. The van der Waals surface area contributed by atoms with Crippen LogP contribution < -0.4 is 0 Å². The van der Waals surface area contributed by atoms with Gasteiger partial charge in [0.2, 0.25) is 0 Å². The molecule has 0 aromatic carbocycles. The Morgan fingerprint density at radius 1 is 1.43 bits per heavy atom. The van der Waals surface area contributed by atoms with Gasteiger partial charge in [-0.1, -0.05) is 0 Å². The first kappa shape index (κ1) is 9.60. The van der Waals surface area contributed by atoms with Gasteiger partial charge < -0.3 is 10.8 Å². The van der Waals surface area contributed by atoms with Crippen LogP contribution in [-0.4, -0.2) is 11.9 Å². The van der Waals surface area contributed by atoms with Crippen molar-refractivity contribution in [1.82, 2.24) is 0 Å². The van der Waals surface area contributed by atoms with Gasteiger partial charge in [-0.2, -0.15) is 0 Å². The Labute approximate surface area is 44.6 Å². The predicted molar refractivity (Wildman–Crippen MR) is 33.5 cm³/mol. The Balaban J connectivity index is 0. The highest BCUT2D eigenvalue weighted by Crippen LogP contribution is 1.52. The first-order valence-electron chi connectivity index (χ1n) is 2.12. The van der Waals surface area contributed by atoms with E-state index in [1.54, 1.807) is 20.8 Å². The second-order valence-electron chi connectivity index (χ2n) is 1.29. The molecule has 0 amide bonds. The van der Waals surface area contributed by atoms with Crippen molar-refractivity contribution in [2.24, 2.45) is 0 Å². The third-order valence-electron chi connectivity index (χ3n) is 0. The molecule has 0 spiro atoms. The van der Waals surface area contributed by atoms with Crippen molar-refractivity contribution in [2.75, 3.05) is 0 Å². The van der Waals surface area contributed by atoms with Gasteiger partial charge in [-0.3, -0.25) is 0 Å². The fraction of sp³-hybridized carbons (Fsp3) is 0.600. The molecule has 0 saturated heterocycles. The van der Waals surface area contributed by atoms with E-state index in [1.807, 2.05) is 0 Å². The van der Waals surface area contributed by atoms with Gasteiger partial charge in [-0.15, -0.1) is 0 Å². The lowest BCUT2D eigenvalue weighted by atomic mass is 10.5. The lowest BCUT2D eigenvalue weighted by Crippen LogP contribution is -1.67. The number of nitrogens with one attached hydrogen (secondary N) is 2.